The first-order valence-electron chi connectivity index (χ1n) is 6.60. The van der Waals surface area contributed by atoms with E-state index in [0.717, 1.165) is 24.9 Å². The zero-order chi connectivity index (χ0) is 14.8. The summed E-state index contributed by atoms with van der Waals surface area (Å²) in [5.74, 6) is 0.699. The fourth-order valence-corrected chi connectivity index (χ4v) is 2.30. The van der Waals surface area contributed by atoms with Crippen LogP contribution in [0.15, 0.2) is 24.8 Å². The van der Waals surface area contributed by atoms with Crippen LogP contribution in [0.3, 0.4) is 0 Å². The molecule has 112 valence electrons. The van der Waals surface area contributed by atoms with Crippen molar-refractivity contribution in [2.24, 2.45) is 0 Å². The van der Waals surface area contributed by atoms with Crippen LogP contribution >= 0.6 is 23.2 Å². The van der Waals surface area contributed by atoms with Gasteiger partial charge in [0.2, 0.25) is 0 Å². The molecular weight excluding hydrogens is 297 g/mol. The summed E-state index contributed by atoms with van der Waals surface area (Å²) in [5, 5.41) is 4.41. The van der Waals surface area contributed by atoms with E-state index in [2.05, 4.69) is 11.9 Å². The molecule has 0 heterocycles. The molecule has 0 fully saturated rings. The SMILES string of the molecule is C=CCCCOc1c(Cl)cc(Cl)cc1CNCCOC. The zero-order valence-electron chi connectivity index (χ0n) is 11.8. The second kappa shape index (κ2) is 10.1. The van der Waals surface area contributed by atoms with Crippen LogP contribution in [-0.4, -0.2) is 26.9 Å². The van der Waals surface area contributed by atoms with Crippen molar-refractivity contribution < 1.29 is 9.47 Å². The Kier molecular flexibility index (Phi) is 8.70. The Morgan fingerprint density at radius 3 is 2.80 bits per heavy atom. The van der Waals surface area contributed by atoms with Gasteiger partial charge in [0.25, 0.3) is 0 Å². The Balaban J connectivity index is 2.66. The monoisotopic (exact) mass is 317 g/mol. The summed E-state index contributed by atoms with van der Waals surface area (Å²) in [6.07, 6.45) is 3.71. The van der Waals surface area contributed by atoms with Gasteiger partial charge in [-0.25, -0.2) is 0 Å². The minimum atomic E-state index is 0.541. The van der Waals surface area contributed by atoms with Gasteiger partial charge in [0.1, 0.15) is 5.75 Å². The van der Waals surface area contributed by atoms with E-state index in [0.29, 0.717) is 35.6 Å². The first kappa shape index (κ1) is 17.3. The molecule has 5 heteroatoms. The molecule has 0 amide bonds. The van der Waals surface area contributed by atoms with E-state index >= 15 is 0 Å². The van der Waals surface area contributed by atoms with Crippen LogP contribution in [0.2, 0.25) is 10.0 Å². The Morgan fingerprint density at radius 1 is 1.30 bits per heavy atom. The van der Waals surface area contributed by atoms with Gasteiger partial charge in [0.05, 0.1) is 18.2 Å². The molecule has 0 radical (unpaired) electrons. The quantitative estimate of drug-likeness (QED) is 0.521. The van der Waals surface area contributed by atoms with Crippen molar-refractivity contribution in [2.75, 3.05) is 26.9 Å². The van der Waals surface area contributed by atoms with Crippen molar-refractivity contribution in [3.05, 3.63) is 40.4 Å². The zero-order valence-corrected chi connectivity index (χ0v) is 13.3. The normalized spacial score (nSPS) is 10.6. The molecule has 20 heavy (non-hydrogen) atoms. The lowest BCUT2D eigenvalue weighted by Crippen LogP contribution is -2.19. The van der Waals surface area contributed by atoms with E-state index in [1.54, 1.807) is 13.2 Å². The number of benzene rings is 1. The predicted octanol–water partition coefficient (Wildman–Crippen LogP) is 4.07. The van der Waals surface area contributed by atoms with Crippen molar-refractivity contribution >= 4 is 23.2 Å². The number of ether oxygens (including phenoxy) is 2. The third-order valence-electron chi connectivity index (χ3n) is 2.68. The number of nitrogens with one attached hydrogen (secondary N) is 1. The highest BCUT2D eigenvalue weighted by molar-refractivity contribution is 6.35. The Labute approximate surface area is 130 Å². The predicted molar refractivity (Wildman–Crippen MR) is 85.0 cm³/mol. The fraction of sp³-hybridized carbons (Fsp3) is 0.467. The van der Waals surface area contributed by atoms with Crippen molar-refractivity contribution in [1.82, 2.24) is 5.32 Å². The Bertz CT molecular complexity index is 425. The smallest absolute Gasteiger partial charge is 0.142 e. The number of halogens is 2. The average molecular weight is 318 g/mol. The minimum Gasteiger partial charge on any atom is -0.492 e. The summed E-state index contributed by atoms with van der Waals surface area (Å²) in [4.78, 5) is 0. The van der Waals surface area contributed by atoms with Gasteiger partial charge in [-0.2, -0.15) is 0 Å². The summed E-state index contributed by atoms with van der Waals surface area (Å²) in [5.41, 5.74) is 0.956. The largest absolute Gasteiger partial charge is 0.492 e. The van der Waals surface area contributed by atoms with E-state index in [1.165, 1.54) is 0 Å². The molecule has 0 aliphatic heterocycles. The molecule has 1 aromatic carbocycles. The summed E-state index contributed by atoms with van der Waals surface area (Å²) in [7, 11) is 1.67. The Morgan fingerprint density at radius 2 is 2.10 bits per heavy atom. The molecule has 0 unspecified atom stereocenters. The maximum Gasteiger partial charge on any atom is 0.142 e. The first-order valence-corrected chi connectivity index (χ1v) is 7.36. The van der Waals surface area contributed by atoms with Crippen molar-refractivity contribution in [1.29, 1.82) is 0 Å². The highest BCUT2D eigenvalue weighted by Gasteiger charge is 2.10. The highest BCUT2D eigenvalue weighted by Crippen LogP contribution is 2.32. The van der Waals surface area contributed by atoms with Gasteiger partial charge in [-0.1, -0.05) is 29.3 Å². The summed E-state index contributed by atoms with van der Waals surface area (Å²) in [6.45, 7) is 6.35. The Hall–Kier alpha value is -0.740. The van der Waals surface area contributed by atoms with Gasteiger partial charge in [0.15, 0.2) is 0 Å². The number of methoxy groups -OCH3 is 1. The molecular formula is C15H21Cl2NO2. The van der Waals surface area contributed by atoms with Gasteiger partial charge in [0, 0.05) is 30.8 Å². The molecule has 0 atom stereocenters. The standard InChI is InChI=1S/C15H21Cl2NO2/c1-3-4-5-7-20-15-12(11-18-6-8-19-2)9-13(16)10-14(15)17/h3,9-10,18H,1,4-8,11H2,2H3. The summed E-state index contributed by atoms with van der Waals surface area (Å²) in [6, 6.07) is 3.57. The molecule has 1 N–H and O–H groups in total. The summed E-state index contributed by atoms with van der Waals surface area (Å²) >= 11 is 12.2. The molecule has 0 aromatic heterocycles. The van der Waals surface area contributed by atoms with E-state index < -0.39 is 0 Å². The number of hydrogen-bond acceptors (Lipinski definition) is 3. The molecule has 0 aliphatic rings. The number of rotatable bonds is 10. The third-order valence-corrected chi connectivity index (χ3v) is 3.18. The second-order valence-electron chi connectivity index (χ2n) is 4.32. The maximum absolute atomic E-state index is 6.21. The molecule has 0 saturated carbocycles. The molecule has 3 nitrogen and oxygen atoms in total. The molecule has 0 saturated heterocycles. The first-order chi connectivity index (χ1) is 9.69. The van der Waals surface area contributed by atoms with Crippen LogP contribution in [0.4, 0.5) is 0 Å². The topological polar surface area (TPSA) is 30.5 Å². The van der Waals surface area contributed by atoms with Crippen LogP contribution in [0.5, 0.6) is 5.75 Å². The van der Waals surface area contributed by atoms with E-state index in [4.69, 9.17) is 32.7 Å². The highest BCUT2D eigenvalue weighted by atomic mass is 35.5. The summed E-state index contributed by atoms with van der Waals surface area (Å²) < 4.78 is 10.8. The molecule has 0 aliphatic carbocycles. The van der Waals surface area contributed by atoms with E-state index in [9.17, 15) is 0 Å². The molecule has 0 spiro atoms. The third kappa shape index (κ3) is 6.14. The van der Waals surface area contributed by atoms with Gasteiger partial charge in [-0.05, 0) is 25.0 Å². The second-order valence-corrected chi connectivity index (χ2v) is 5.17. The van der Waals surface area contributed by atoms with Crippen LogP contribution < -0.4 is 10.1 Å². The van der Waals surface area contributed by atoms with Crippen LogP contribution in [0.25, 0.3) is 0 Å². The average Bonchev–Trinajstić information content (AvgIpc) is 2.41. The van der Waals surface area contributed by atoms with Crippen LogP contribution in [-0.2, 0) is 11.3 Å². The number of unbranched alkanes of at least 4 members (excludes halogenated alkanes) is 1. The van der Waals surface area contributed by atoms with Gasteiger partial charge in [-0.15, -0.1) is 6.58 Å². The number of hydrogen-bond donors (Lipinski definition) is 1. The minimum absolute atomic E-state index is 0.541. The van der Waals surface area contributed by atoms with Crippen LogP contribution in [0.1, 0.15) is 18.4 Å². The fourth-order valence-electron chi connectivity index (χ4n) is 1.71. The molecule has 1 aromatic rings. The van der Waals surface area contributed by atoms with Crippen molar-refractivity contribution in [3.63, 3.8) is 0 Å². The lowest BCUT2D eigenvalue weighted by Gasteiger charge is -2.14. The number of allylic oxidation sites excluding steroid dienone is 1. The van der Waals surface area contributed by atoms with E-state index in [1.807, 2.05) is 12.1 Å². The van der Waals surface area contributed by atoms with Crippen molar-refractivity contribution in [2.45, 2.75) is 19.4 Å². The lowest BCUT2D eigenvalue weighted by molar-refractivity contribution is 0.199. The van der Waals surface area contributed by atoms with Gasteiger partial charge in [-0.3, -0.25) is 0 Å². The molecule has 1 rings (SSSR count). The van der Waals surface area contributed by atoms with Gasteiger partial charge < -0.3 is 14.8 Å². The van der Waals surface area contributed by atoms with E-state index in [-0.39, 0.29) is 0 Å². The maximum atomic E-state index is 6.21. The van der Waals surface area contributed by atoms with Crippen molar-refractivity contribution in [3.8, 4) is 5.75 Å². The van der Waals surface area contributed by atoms with Crippen LogP contribution in [0, 0.1) is 0 Å². The molecule has 0 bridgehead atoms. The van der Waals surface area contributed by atoms with Gasteiger partial charge >= 0.3 is 0 Å². The lowest BCUT2D eigenvalue weighted by atomic mass is 10.2.